The van der Waals surface area contributed by atoms with Gasteiger partial charge < -0.3 is 0 Å². The molecule has 1 aliphatic carbocycles. The van der Waals surface area contributed by atoms with Crippen molar-refractivity contribution in [3.63, 3.8) is 0 Å². The van der Waals surface area contributed by atoms with E-state index in [-0.39, 0.29) is 24.0 Å². The summed E-state index contributed by atoms with van der Waals surface area (Å²) in [5.74, 6) is 0. The molecule has 2 atom stereocenters. The molecule has 0 bridgehead atoms. The van der Waals surface area contributed by atoms with Crippen LogP contribution in [0.3, 0.4) is 0 Å². The molecule has 0 aromatic heterocycles. The van der Waals surface area contributed by atoms with Gasteiger partial charge in [0.2, 0.25) is 0 Å². The van der Waals surface area contributed by atoms with Gasteiger partial charge >= 0.3 is 0 Å². The van der Waals surface area contributed by atoms with E-state index in [1.54, 1.807) is 0 Å². The van der Waals surface area contributed by atoms with E-state index >= 15 is 0 Å². The lowest BCUT2D eigenvalue weighted by Crippen LogP contribution is -2.24. The van der Waals surface area contributed by atoms with Crippen LogP contribution in [0.1, 0.15) is 12.5 Å². The predicted molar refractivity (Wildman–Crippen MR) is 105 cm³/mol. The molecule has 2 unspecified atom stereocenters. The van der Waals surface area contributed by atoms with Crippen molar-refractivity contribution in [2.24, 2.45) is 0 Å². The van der Waals surface area contributed by atoms with Crippen LogP contribution in [0.5, 0.6) is 0 Å². The van der Waals surface area contributed by atoms with Crippen molar-refractivity contribution >= 4 is 69.2 Å². The lowest BCUT2D eigenvalue weighted by atomic mass is 10.0. The molecule has 0 spiro atoms. The molecule has 1 aromatic carbocycles. The molecule has 0 heterocycles. The van der Waals surface area contributed by atoms with Crippen LogP contribution < -0.4 is 0 Å². The van der Waals surface area contributed by atoms with Crippen molar-refractivity contribution in [2.75, 3.05) is 0 Å². The average Bonchev–Trinajstić information content (AvgIpc) is 2.24. The zero-order valence-electron chi connectivity index (χ0n) is 9.94. The zero-order chi connectivity index (χ0) is 12.0. The lowest BCUT2D eigenvalue weighted by molar-refractivity contribution is 0.875. The largest absolute Gasteiger partial charge is 0.107 e. The first-order chi connectivity index (χ1) is 7.52. The number of aryl methyl sites for hydroxylation is 1. The third kappa shape index (κ3) is 7.15. The van der Waals surface area contributed by atoms with E-state index in [1.807, 2.05) is 18.2 Å². The van der Waals surface area contributed by atoms with Crippen molar-refractivity contribution < 1.29 is 0 Å². The van der Waals surface area contributed by atoms with E-state index in [9.17, 15) is 0 Å². The Bertz CT molecular complexity index is 366. The number of allylic oxidation sites excluding steroid dienone is 4. The molecule has 0 radical (unpaired) electrons. The summed E-state index contributed by atoms with van der Waals surface area (Å²) in [6.07, 6.45) is 8.69. The van der Waals surface area contributed by atoms with Gasteiger partial charge in [0.05, 0.1) is 3.42 Å². The van der Waals surface area contributed by atoms with E-state index in [4.69, 9.17) is 0 Å². The fourth-order valence-electron chi connectivity index (χ4n) is 1.22. The van der Waals surface area contributed by atoms with E-state index < -0.39 is 0 Å². The molecule has 0 fully saturated rings. The Morgan fingerprint density at radius 2 is 1.71 bits per heavy atom. The van der Waals surface area contributed by atoms with Crippen LogP contribution >= 0.6 is 69.2 Å². The molecule has 2 rings (SSSR count). The molecule has 3 heteroatoms. The molecule has 0 N–H and O–H groups in total. The van der Waals surface area contributed by atoms with Gasteiger partial charge in [-0.1, -0.05) is 105 Å². The Balaban J connectivity index is 0.000000292. The van der Waals surface area contributed by atoms with Crippen molar-refractivity contribution in [3.8, 4) is 0 Å². The second kappa shape index (κ2) is 8.90. The van der Waals surface area contributed by atoms with E-state index in [0.717, 1.165) is 0 Å². The first-order valence-electron chi connectivity index (χ1n) is 5.23. The summed E-state index contributed by atoms with van der Waals surface area (Å²) < 4.78 is 0.966. The Kier molecular flexibility index (Phi) is 9.37. The van der Waals surface area contributed by atoms with Crippen molar-refractivity contribution in [3.05, 3.63) is 60.2 Å². The number of hydrogen-bond donors (Lipinski definition) is 0. The Labute approximate surface area is 149 Å². The molecule has 0 saturated heterocycles. The number of hydrogen-bond acceptors (Lipinski definition) is 0. The van der Waals surface area contributed by atoms with Gasteiger partial charge in [0.25, 0.3) is 0 Å². The highest BCUT2D eigenvalue weighted by molar-refractivity contribution is 14.1. The third-order valence-corrected chi connectivity index (χ3v) is 6.22. The summed E-state index contributed by atoms with van der Waals surface area (Å²) in [4.78, 5) is 0. The molecular formula is C14H17I3. The Hall–Kier alpha value is 0.890. The second-order valence-corrected chi connectivity index (χ2v) is 7.62. The summed E-state index contributed by atoms with van der Waals surface area (Å²) in [5, 5.41) is 0. The maximum absolute atomic E-state index is 2.47. The minimum Gasteiger partial charge on any atom is -0.107 e. The average molecular weight is 566 g/mol. The molecule has 1 aromatic rings. The summed E-state index contributed by atoms with van der Waals surface area (Å²) in [6.45, 7) is 4.32. The number of halogens is 3. The molecule has 0 amide bonds. The molecule has 1 aliphatic rings. The fraction of sp³-hybridized carbons (Fsp3) is 0.286. The van der Waals surface area contributed by atoms with E-state index in [0.29, 0.717) is 7.35 Å². The van der Waals surface area contributed by atoms with E-state index in [1.165, 1.54) is 5.56 Å². The van der Waals surface area contributed by atoms with E-state index in [2.05, 4.69) is 95.5 Å². The van der Waals surface area contributed by atoms with Gasteiger partial charge in [-0.05, 0) is 13.8 Å². The van der Waals surface area contributed by atoms with Crippen molar-refractivity contribution in [1.82, 2.24) is 0 Å². The second-order valence-electron chi connectivity index (χ2n) is 3.95. The maximum atomic E-state index is 2.47. The molecule has 0 aliphatic heterocycles. The normalized spacial score (nSPS) is 25.5. The maximum Gasteiger partial charge on any atom is 0.0528 e. The summed E-state index contributed by atoms with van der Waals surface area (Å²) in [5.41, 5.74) is 1.32. The number of alkyl halides is 2. The van der Waals surface area contributed by atoms with Gasteiger partial charge in [-0.2, -0.15) is 0 Å². The summed E-state index contributed by atoms with van der Waals surface area (Å²) in [7, 11) is 0. The molecule has 17 heavy (non-hydrogen) atoms. The minimum atomic E-state index is 0. The Morgan fingerprint density at radius 3 is 2.00 bits per heavy atom. The van der Waals surface area contributed by atoms with Crippen LogP contribution in [-0.4, -0.2) is 7.35 Å². The highest BCUT2D eigenvalue weighted by Crippen LogP contribution is 2.33. The summed E-state index contributed by atoms with van der Waals surface area (Å²) >= 11 is 4.93. The Morgan fingerprint density at radius 1 is 1.12 bits per heavy atom. The molecule has 0 nitrogen and oxygen atoms in total. The molecule has 94 valence electrons. The standard InChI is InChI=1S/C7H8I2.C7H8.HI/c1-7(9)5-3-2-4-6(7)8;1-7-5-3-2-4-6-7;/h2-6H,1H3;2-6H,1H3;1H. The zero-order valence-corrected chi connectivity index (χ0v) is 16.6. The smallest absolute Gasteiger partial charge is 0.0528 e. The first-order valence-corrected chi connectivity index (χ1v) is 7.55. The van der Waals surface area contributed by atoms with Crippen LogP contribution in [0.15, 0.2) is 54.6 Å². The van der Waals surface area contributed by atoms with Crippen LogP contribution in [-0.2, 0) is 0 Å². The first kappa shape index (κ1) is 17.9. The van der Waals surface area contributed by atoms with Crippen LogP contribution in [0.25, 0.3) is 0 Å². The van der Waals surface area contributed by atoms with Crippen LogP contribution in [0.2, 0.25) is 0 Å². The van der Waals surface area contributed by atoms with Gasteiger partial charge in [-0.25, -0.2) is 0 Å². The number of rotatable bonds is 0. The monoisotopic (exact) mass is 566 g/mol. The van der Waals surface area contributed by atoms with Gasteiger partial charge in [0, 0.05) is 3.92 Å². The predicted octanol–water partition coefficient (Wildman–Crippen LogP) is 5.72. The topological polar surface area (TPSA) is 0 Å². The summed E-state index contributed by atoms with van der Waals surface area (Å²) in [6, 6.07) is 10.3. The quantitative estimate of drug-likeness (QED) is 0.279. The molecular weight excluding hydrogens is 549 g/mol. The van der Waals surface area contributed by atoms with Gasteiger partial charge in [0.1, 0.15) is 0 Å². The van der Waals surface area contributed by atoms with Gasteiger partial charge in [-0.15, -0.1) is 24.0 Å². The minimum absolute atomic E-state index is 0. The highest BCUT2D eigenvalue weighted by Gasteiger charge is 2.25. The SMILES string of the molecule is CC1(I)C=CC=CC1I.Cc1ccccc1.I. The van der Waals surface area contributed by atoms with Crippen LogP contribution in [0.4, 0.5) is 0 Å². The molecule has 0 saturated carbocycles. The van der Waals surface area contributed by atoms with Crippen molar-refractivity contribution in [1.29, 1.82) is 0 Å². The highest BCUT2D eigenvalue weighted by atomic mass is 127. The lowest BCUT2D eigenvalue weighted by Gasteiger charge is -2.24. The van der Waals surface area contributed by atoms with Gasteiger partial charge in [-0.3, -0.25) is 0 Å². The van der Waals surface area contributed by atoms with Crippen LogP contribution in [0, 0.1) is 6.92 Å². The fourth-order valence-corrected chi connectivity index (χ4v) is 2.08. The third-order valence-electron chi connectivity index (χ3n) is 2.29. The van der Waals surface area contributed by atoms with Crippen molar-refractivity contribution in [2.45, 2.75) is 21.2 Å². The van der Waals surface area contributed by atoms with Gasteiger partial charge in [0.15, 0.2) is 0 Å². The number of benzene rings is 1.